The lowest BCUT2D eigenvalue weighted by Gasteiger charge is -2.26. The summed E-state index contributed by atoms with van der Waals surface area (Å²) in [5, 5.41) is 6.42. The van der Waals surface area contributed by atoms with Gasteiger partial charge in [-0.25, -0.2) is 0 Å². The van der Waals surface area contributed by atoms with E-state index >= 15 is 0 Å². The SMILES string of the molecule is COC(C(=O)NCC1(C)CCCN1)c1ccccc1. The molecule has 1 aromatic rings. The summed E-state index contributed by atoms with van der Waals surface area (Å²) in [5.74, 6) is -0.0800. The van der Waals surface area contributed by atoms with Crippen molar-refractivity contribution in [3.05, 3.63) is 35.9 Å². The predicted octanol–water partition coefficient (Wildman–Crippen LogP) is 1.63. The number of hydrogen-bond donors (Lipinski definition) is 2. The first-order valence-corrected chi connectivity index (χ1v) is 6.75. The molecule has 2 N–H and O–H groups in total. The number of hydrogen-bond acceptors (Lipinski definition) is 3. The smallest absolute Gasteiger partial charge is 0.253 e. The molecule has 1 heterocycles. The van der Waals surface area contributed by atoms with Crippen molar-refractivity contribution in [1.82, 2.24) is 10.6 Å². The third-order valence-electron chi connectivity index (χ3n) is 3.69. The molecule has 1 amide bonds. The number of carbonyl (C=O) groups is 1. The molecular formula is C15H22N2O2. The maximum atomic E-state index is 12.2. The van der Waals surface area contributed by atoms with Gasteiger partial charge in [0.25, 0.3) is 5.91 Å². The number of ether oxygens (including phenoxy) is 1. The first-order chi connectivity index (χ1) is 9.14. The molecule has 104 valence electrons. The fourth-order valence-electron chi connectivity index (χ4n) is 2.51. The summed E-state index contributed by atoms with van der Waals surface area (Å²) in [6, 6.07) is 9.56. The lowest BCUT2D eigenvalue weighted by Crippen LogP contribution is -2.48. The van der Waals surface area contributed by atoms with Crippen LogP contribution in [0, 0.1) is 0 Å². The normalized spacial score (nSPS) is 24.1. The van der Waals surface area contributed by atoms with E-state index in [-0.39, 0.29) is 11.4 Å². The lowest BCUT2D eigenvalue weighted by molar-refractivity contribution is -0.131. The fourth-order valence-corrected chi connectivity index (χ4v) is 2.51. The van der Waals surface area contributed by atoms with E-state index < -0.39 is 6.10 Å². The molecule has 2 atom stereocenters. The largest absolute Gasteiger partial charge is 0.367 e. The predicted molar refractivity (Wildman–Crippen MR) is 74.8 cm³/mol. The van der Waals surface area contributed by atoms with E-state index in [0.717, 1.165) is 18.5 Å². The zero-order chi connectivity index (χ0) is 13.7. The molecule has 1 saturated heterocycles. The summed E-state index contributed by atoms with van der Waals surface area (Å²) in [7, 11) is 1.56. The molecule has 0 radical (unpaired) electrons. The monoisotopic (exact) mass is 262 g/mol. The summed E-state index contributed by atoms with van der Waals surface area (Å²) in [6.07, 6.45) is 1.72. The Bertz CT molecular complexity index is 413. The molecule has 1 aliphatic heterocycles. The van der Waals surface area contributed by atoms with Crippen molar-refractivity contribution in [1.29, 1.82) is 0 Å². The van der Waals surface area contributed by atoms with Gasteiger partial charge in [-0.15, -0.1) is 0 Å². The Labute approximate surface area is 114 Å². The number of amides is 1. The summed E-state index contributed by atoms with van der Waals surface area (Å²) in [4.78, 5) is 12.2. The molecule has 0 spiro atoms. The minimum absolute atomic E-state index is 0.0185. The Hall–Kier alpha value is -1.39. The first kappa shape index (κ1) is 14.0. The third kappa shape index (κ3) is 3.55. The summed E-state index contributed by atoms with van der Waals surface area (Å²) < 4.78 is 5.31. The van der Waals surface area contributed by atoms with Crippen molar-refractivity contribution >= 4 is 5.91 Å². The van der Waals surface area contributed by atoms with E-state index in [4.69, 9.17) is 4.74 Å². The van der Waals surface area contributed by atoms with Crippen molar-refractivity contribution < 1.29 is 9.53 Å². The van der Waals surface area contributed by atoms with E-state index in [2.05, 4.69) is 17.6 Å². The molecule has 0 saturated carbocycles. The fraction of sp³-hybridized carbons (Fsp3) is 0.533. The molecule has 0 bridgehead atoms. The zero-order valence-electron chi connectivity index (χ0n) is 11.6. The Morgan fingerprint density at radius 1 is 1.47 bits per heavy atom. The molecule has 4 heteroatoms. The average Bonchev–Trinajstić information content (AvgIpc) is 2.86. The van der Waals surface area contributed by atoms with Gasteiger partial charge >= 0.3 is 0 Å². The van der Waals surface area contributed by atoms with Crippen molar-refractivity contribution in [3.8, 4) is 0 Å². The number of nitrogens with one attached hydrogen (secondary N) is 2. The molecule has 1 aromatic carbocycles. The van der Waals surface area contributed by atoms with Crippen molar-refractivity contribution in [2.24, 2.45) is 0 Å². The van der Waals surface area contributed by atoms with Gasteiger partial charge in [0.2, 0.25) is 0 Å². The quantitative estimate of drug-likeness (QED) is 0.848. The second-order valence-electron chi connectivity index (χ2n) is 5.34. The van der Waals surface area contributed by atoms with Gasteiger partial charge < -0.3 is 15.4 Å². The Morgan fingerprint density at radius 2 is 2.21 bits per heavy atom. The topological polar surface area (TPSA) is 50.4 Å². The molecule has 1 aliphatic rings. The van der Waals surface area contributed by atoms with E-state index in [9.17, 15) is 4.79 Å². The average molecular weight is 262 g/mol. The minimum Gasteiger partial charge on any atom is -0.367 e. The first-order valence-electron chi connectivity index (χ1n) is 6.75. The van der Waals surface area contributed by atoms with Crippen molar-refractivity contribution in [3.63, 3.8) is 0 Å². The van der Waals surface area contributed by atoms with Gasteiger partial charge in [-0.05, 0) is 31.9 Å². The highest BCUT2D eigenvalue weighted by Gasteiger charge is 2.29. The lowest BCUT2D eigenvalue weighted by atomic mass is 10.00. The minimum atomic E-state index is -0.536. The van der Waals surface area contributed by atoms with Crippen LogP contribution in [0.4, 0.5) is 0 Å². The Morgan fingerprint density at radius 3 is 2.79 bits per heavy atom. The van der Waals surface area contributed by atoms with Crippen LogP contribution in [-0.2, 0) is 9.53 Å². The number of methoxy groups -OCH3 is 1. The highest BCUT2D eigenvalue weighted by atomic mass is 16.5. The second-order valence-corrected chi connectivity index (χ2v) is 5.34. The molecule has 4 nitrogen and oxygen atoms in total. The molecular weight excluding hydrogens is 240 g/mol. The van der Waals surface area contributed by atoms with Gasteiger partial charge in [0.1, 0.15) is 0 Å². The van der Waals surface area contributed by atoms with E-state index in [0.29, 0.717) is 6.54 Å². The molecule has 2 rings (SSSR count). The Kier molecular flexibility index (Phi) is 4.56. The standard InChI is InChI=1S/C15H22N2O2/c1-15(9-6-10-17-15)11-16-14(18)13(19-2)12-7-4-3-5-8-12/h3-5,7-8,13,17H,6,9-11H2,1-2H3,(H,16,18). The molecule has 0 aliphatic carbocycles. The van der Waals surface area contributed by atoms with E-state index in [1.54, 1.807) is 7.11 Å². The second kappa shape index (κ2) is 6.17. The Balaban J connectivity index is 1.94. The van der Waals surface area contributed by atoms with Gasteiger partial charge in [0.05, 0.1) is 0 Å². The summed E-state index contributed by atoms with van der Waals surface area (Å²) in [5.41, 5.74) is 0.900. The van der Waals surface area contributed by atoms with Gasteiger partial charge in [-0.1, -0.05) is 30.3 Å². The van der Waals surface area contributed by atoms with Gasteiger partial charge in [-0.3, -0.25) is 4.79 Å². The summed E-state index contributed by atoms with van der Waals surface area (Å²) in [6.45, 7) is 3.81. The number of rotatable bonds is 5. The molecule has 1 fully saturated rings. The van der Waals surface area contributed by atoms with Gasteiger partial charge in [-0.2, -0.15) is 0 Å². The van der Waals surface area contributed by atoms with Crippen LogP contribution >= 0.6 is 0 Å². The molecule has 2 unspecified atom stereocenters. The maximum Gasteiger partial charge on any atom is 0.253 e. The van der Waals surface area contributed by atoms with E-state index in [1.165, 1.54) is 6.42 Å². The number of carbonyl (C=O) groups excluding carboxylic acids is 1. The van der Waals surface area contributed by atoms with Crippen LogP contribution in [0.2, 0.25) is 0 Å². The van der Waals surface area contributed by atoms with Crippen LogP contribution < -0.4 is 10.6 Å². The van der Waals surface area contributed by atoms with E-state index in [1.807, 2.05) is 30.3 Å². The van der Waals surface area contributed by atoms with Crippen LogP contribution in [0.5, 0.6) is 0 Å². The van der Waals surface area contributed by atoms with Crippen molar-refractivity contribution in [2.75, 3.05) is 20.2 Å². The molecule has 0 aromatic heterocycles. The highest BCUT2D eigenvalue weighted by Crippen LogP contribution is 2.19. The third-order valence-corrected chi connectivity index (χ3v) is 3.69. The highest BCUT2D eigenvalue weighted by molar-refractivity contribution is 5.82. The zero-order valence-corrected chi connectivity index (χ0v) is 11.6. The molecule has 19 heavy (non-hydrogen) atoms. The summed E-state index contributed by atoms with van der Waals surface area (Å²) >= 11 is 0. The van der Waals surface area contributed by atoms with Crippen molar-refractivity contribution in [2.45, 2.75) is 31.4 Å². The van der Waals surface area contributed by atoms with Crippen LogP contribution in [-0.4, -0.2) is 31.6 Å². The van der Waals surface area contributed by atoms with Crippen LogP contribution in [0.1, 0.15) is 31.4 Å². The number of benzene rings is 1. The van der Waals surface area contributed by atoms with Gasteiger partial charge in [0.15, 0.2) is 6.10 Å². The maximum absolute atomic E-state index is 12.2. The van der Waals surface area contributed by atoms with Crippen LogP contribution in [0.25, 0.3) is 0 Å². The van der Waals surface area contributed by atoms with Gasteiger partial charge in [0, 0.05) is 19.2 Å². The van der Waals surface area contributed by atoms with Crippen LogP contribution in [0.15, 0.2) is 30.3 Å². The van der Waals surface area contributed by atoms with Crippen LogP contribution in [0.3, 0.4) is 0 Å².